The van der Waals surface area contributed by atoms with Crippen LogP contribution in [0.4, 0.5) is 0 Å². The number of phenols is 1. The Hall–Kier alpha value is -1.81. The van der Waals surface area contributed by atoms with Gasteiger partial charge in [0.2, 0.25) is 0 Å². The van der Waals surface area contributed by atoms with Gasteiger partial charge in [0.25, 0.3) is 0 Å². The third kappa shape index (κ3) is 1.92. The lowest BCUT2D eigenvalue weighted by Crippen LogP contribution is -2.04. The summed E-state index contributed by atoms with van der Waals surface area (Å²) in [6.07, 6.45) is 3.67. The van der Waals surface area contributed by atoms with Gasteiger partial charge in [0.15, 0.2) is 0 Å². The number of phenolic OH excluding ortho intramolecular Hbond substituents is 1. The number of hydrogen-bond acceptors (Lipinski definition) is 4. The Morgan fingerprint density at radius 2 is 2.38 bits per heavy atom. The number of aromatic hydroxyl groups is 1. The molecule has 1 aliphatic heterocycles. The quantitative estimate of drug-likeness (QED) is 0.610. The maximum atomic E-state index is 11.4. The molecular weight excluding hydrogens is 208 g/mol. The summed E-state index contributed by atoms with van der Waals surface area (Å²) < 4.78 is 9.98. The van der Waals surface area contributed by atoms with Crippen LogP contribution in [0.1, 0.15) is 22.0 Å². The number of carbonyl (C=O) groups excluding carboxylic acids is 1. The molecule has 1 aromatic carbocycles. The van der Waals surface area contributed by atoms with E-state index in [0.717, 1.165) is 5.56 Å². The van der Waals surface area contributed by atoms with Crippen molar-refractivity contribution in [1.29, 1.82) is 0 Å². The normalized spacial score (nSPS) is 18.7. The van der Waals surface area contributed by atoms with Gasteiger partial charge in [0.05, 0.1) is 13.7 Å². The molecule has 0 bridgehead atoms. The van der Waals surface area contributed by atoms with E-state index in [-0.39, 0.29) is 17.4 Å². The van der Waals surface area contributed by atoms with Crippen LogP contribution < -0.4 is 0 Å². The van der Waals surface area contributed by atoms with E-state index in [1.54, 1.807) is 12.1 Å². The minimum Gasteiger partial charge on any atom is -0.507 e. The molecule has 1 heterocycles. The van der Waals surface area contributed by atoms with Gasteiger partial charge < -0.3 is 14.6 Å². The first-order valence-corrected chi connectivity index (χ1v) is 4.92. The molecular formula is C12H12O4. The molecule has 4 heteroatoms. The molecule has 1 atom stereocenters. The summed E-state index contributed by atoms with van der Waals surface area (Å²) in [6.45, 7) is 0.569. The number of hydrogen-bond donors (Lipinski definition) is 1. The van der Waals surface area contributed by atoms with Crippen molar-refractivity contribution in [3.63, 3.8) is 0 Å². The summed E-state index contributed by atoms with van der Waals surface area (Å²) in [7, 11) is 1.28. The molecule has 0 saturated carbocycles. The van der Waals surface area contributed by atoms with Crippen LogP contribution in [0.2, 0.25) is 0 Å². The van der Waals surface area contributed by atoms with Crippen molar-refractivity contribution in [2.75, 3.05) is 13.7 Å². The third-order valence-corrected chi connectivity index (χ3v) is 2.44. The Morgan fingerprint density at radius 3 is 3.00 bits per heavy atom. The molecule has 0 saturated heterocycles. The van der Waals surface area contributed by atoms with Gasteiger partial charge >= 0.3 is 5.97 Å². The summed E-state index contributed by atoms with van der Waals surface area (Å²) >= 11 is 0. The molecule has 1 aromatic rings. The predicted molar refractivity (Wildman–Crippen MR) is 57.3 cm³/mol. The number of benzene rings is 1. The average molecular weight is 220 g/mol. The first-order valence-electron chi connectivity index (χ1n) is 4.92. The Morgan fingerprint density at radius 1 is 1.56 bits per heavy atom. The second-order valence-electron chi connectivity index (χ2n) is 3.45. The lowest BCUT2D eigenvalue weighted by Gasteiger charge is -2.10. The highest BCUT2D eigenvalue weighted by atomic mass is 16.5. The third-order valence-electron chi connectivity index (χ3n) is 2.44. The van der Waals surface area contributed by atoms with Crippen LogP contribution in [0.5, 0.6) is 5.75 Å². The SMILES string of the molecule is COC(=O)c1cc([C@@H]2C=CCO2)ccc1O. The molecule has 0 fully saturated rings. The number of methoxy groups -OCH3 is 1. The largest absolute Gasteiger partial charge is 0.507 e. The highest BCUT2D eigenvalue weighted by Crippen LogP contribution is 2.27. The van der Waals surface area contributed by atoms with Crippen molar-refractivity contribution in [2.24, 2.45) is 0 Å². The summed E-state index contributed by atoms with van der Waals surface area (Å²) in [6, 6.07) is 4.78. The molecule has 1 aliphatic rings. The van der Waals surface area contributed by atoms with E-state index < -0.39 is 5.97 Å². The van der Waals surface area contributed by atoms with E-state index in [2.05, 4.69) is 4.74 Å². The smallest absolute Gasteiger partial charge is 0.341 e. The van der Waals surface area contributed by atoms with Gasteiger partial charge in [0, 0.05) is 0 Å². The van der Waals surface area contributed by atoms with Gasteiger partial charge in [-0.05, 0) is 17.7 Å². The van der Waals surface area contributed by atoms with Gasteiger partial charge in [0.1, 0.15) is 17.4 Å². The molecule has 84 valence electrons. The zero-order valence-corrected chi connectivity index (χ0v) is 8.84. The predicted octanol–water partition coefficient (Wildman–Crippen LogP) is 1.81. The van der Waals surface area contributed by atoms with E-state index in [9.17, 15) is 9.90 Å². The number of ether oxygens (including phenoxy) is 2. The van der Waals surface area contributed by atoms with Crippen LogP contribution in [0.15, 0.2) is 30.4 Å². The van der Waals surface area contributed by atoms with Gasteiger partial charge in [-0.3, -0.25) is 0 Å². The molecule has 0 radical (unpaired) electrons. The fourth-order valence-electron chi connectivity index (χ4n) is 1.61. The lowest BCUT2D eigenvalue weighted by atomic mass is 10.1. The topological polar surface area (TPSA) is 55.8 Å². The lowest BCUT2D eigenvalue weighted by molar-refractivity contribution is 0.0597. The zero-order chi connectivity index (χ0) is 11.5. The standard InChI is InChI=1S/C12H12O4/c1-15-12(14)9-7-8(4-5-10(9)13)11-3-2-6-16-11/h2-5,7,11,13H,6H2,1H3/t11-/m0/s1. The van der Waals surface area contributed by atoms with Crippen molar-refractivity contribution in [3.05, 3.63) is 41.5 Å². The summed E-state index contributed by atoms with van der Waals surface area (Å²) in [4.78, 5) is 11.4. The maximum absolute atomic E-state index is 11.4. The highest BCUT2D eigenvalue weighted by Gasteiger charge is 2.17. The molecule has 16 heavy (non-hydrogen) atoms. The van der Waals surface area contributed by atoms with Crippen LogP contribution in [-0.2, 0) is 9.47 Å². The molecule has 2 rings (SSSR count). The average Bonchev–Trinajstić information content (AvgIpc) is 2.82. The Kier molecular flexibility index (Phi) is 2.92. The van der Waals surface area contributed by atoms with Crippen LogP contribution in [0.25, 0.3) is 0 Å². The van der Waals surface area contributed by atoms with E-state index in [4.69, 9.17) is 4.74 Å². The highest BCUT2D eigenvalue weighted by molar-refractivity contribution is 5.92. The molecule has 1 N–H and O–H groups in total. The van der Waals surface area contributed by atoms with Crippen LogP contribution in [0.3, 0.4) is 0 Å². The molecule has 0 aromatic heterocycles. The number of esters is 1. The molecule has 0 spiro atoms. The molecule has 4 nitrogen and oxygen atoms in total. The van der Waals surface area contributed by atoms with Crippen molar-refractivity contribution >= 4 is 5.97 Å². The molecule has 0 unspecified atom stereocenters. The van der Waals surface area contributed by atoms with Crippen LogP contribution >= 0.6 is 0 Å². The summed E-state index contributed by atoms with van der Waals surface area (Å²) in [5.41, 5.74) is 0.982. The second kappa shape index (κ2) is 4.37. The van der Waals surface area contributed by atoms with E-state index >= 15 is 0 Å². The Bertz CT molecular complexity index is 437. The van der Waals surface area contributed by atoms with Gasteiger partial charge in [-0.1, -0.05) is 18.2 Å². The first-order chi connectivity index (χ1) is 7.72. The fraction of sp³-hybridized carbons (Fsp3) is 0.250. The van der Waals surface area contributed by atoms with Gasteiger partial charge in [-0.2, -0.15) is 0 Å². The van der Waals surface area contributed by atoms with Gasteiger partial charge in [-0.25, -0.2) is 4.79 Å². The van der Waals surface area contributed by atoms with Crippen molar-refractivity contribution in [2.45, 2.75) is 6.10 Å². The molecule has 0 aliphatic carbocycles. The van der Waals surface area contributed by atoms with Crippen molar-refractivity contribution < 1.29 is 19.4 Å². The fourth-order valence-corrected chi connectivity index (χ4v) is 1.61. The second-order valence-corrected chi connectivity index (χ2v) is 3.45. The zero-order valence-electron chi connectivity index (χ0n) is 8.84. The van der Waals surface area contributed by atoms with E-state index in [1.807, 2.05) is 12.2 Å². The van der Waals surface area contributed by atoms with E-state index in [1.165, 1.54) is 13.2 Å². The minimum atomic E-state index is -0.554. The number of carbonyl (C=O) groups is 1. The summed E-state index contributed by atoms with van der Waals surface area (Å²) in [5.74, 6) is -0.640. The van der Waals surface area contributed by atoms with Crippen LogP contribution in [-0.4, -0.2) is 24.8 Å². The maximum Gasteiger partial charge on any atom is 0.341 e. The summed E-state index contributed by atoms with van der Waals surface area (Å²) in [5, 5.41) is 9.52. The van der Waals surface area contributed by atoms with Crippen molar-refractivity contribution in [1.82, 2.24) is 0 Å². The van der Waals surface area contributed by atoms with E-state index in [0.29, 0.717) is 6.61 Å². The van der Waals surface area contributed by atoms with Crippen LogP contribution in [0, 0.1) is 0 Å². The Labute approximate surface area is 93.1 Å². The first kappa shape index (κ1) is 10.7. The monoisotopic (exact) mass is 220 g/mol. The van der Waals surface area contributed by atoms with Gasteiger partial charge in [-0.15, -0.1) is 0 Å². The Balaban J connectivity index is 2.34. The minimum absolute atomic E-state index is 0.0856. The number of rotatable bonds is 2. The van der Waals surface area contributed by atoms with Crippen molar-refractivity contribution in [3.8, 4) is 5.75 Å². The molecule has 0 amide bonds.